The summed E-state index contributed by atoms with van der Waals surface area (Å²) in [7, 11) is 5.96. The molecular weight excluding hydrogens is 284 g/mol. The van der Waals surface area contributed by atoms with Crippen molar-refractivity contribution in [3.05, 3.63) is 10.3 Å². The molecule has 2 atom stereocenters. The summed E-state index contributed by atoms with van der Waals surface area (Å²) in [6.07, 6.45) is 0.951. The number of aryl methyl sites for hydroxylation is 1. The number of hydrogen-bond acceptors (Lipinski definition) is 5. The molecule has 0 amide bonds. The first-order valence-electron chi connectivity index (χ1n) is 5.57. The van der Waals surface area contributed by atoms with E-state index in [-0.39, 0.29) is 11.6 Å². The van der Waals surface area contributed by atoms with Gasteiger partial charge in [0.2, 0.25) is 0 Å². The molecule has 1 heterocycles. The van der Waals surface area contributed by atoms with Gasteiger partial charge in [0.05, 0.1) is 11.7 Å². The number of aromatic nitrogens is 3. The Morgan fingerprint density at radius 3 is 2.47 bits per heavy atom. The number of halogens is 1. The van der Waals surface area contributed by atoms with Crippen LogP contribution in [-0.4, -0.2) is 39.5 Å². The number of nitrogens with zero attached hydrogens (tertiary/aromatic N) is 4. The maximum absolute atomic E-state index is 5.73. The normalized spacial score (nSPS) is 17.2. The van der Waals surface area contributed by atoms with Crippen LogP contribution in [0.1, 0.15) is 32.0 Å². The highest BCUT2D eigenvalue weighted by Crippen LogP contribution is 2.34. The fourth-order valence-electron chi connectivity index (χ4n) is 1.98. The van der Waals surface area contributed by atoms with Gasteiger partial charge >= 0.3 is 0 Å². The van der Waals surface area contributed by atoms with Gasteiger partial charge in [-0.15, -0.1) is 5.10 Å². The molecule has 0 aliphatic rings. The van der Waals surface area contributed by atoms with Gasteiger partial charge in [0, 0.05) is 12.6 Å². The van der Waals surface area contributed by atoms with E-state index in [9.17, 15) is 0 Å². The third-order valence-corrected chi connectivity index (χ3v) is 4.19. The number of nitrogens with two attached hydrogens (primary N) is 1. The Balaban J connectivity index is 3.24. The van der Waals surface area contributed by atoms with Gasteiger partial charge in [-0.05, 0) is 43.4 Å². The van der Waals surface area contributed by atoms with E-state index in [4.69, 9.17) is 5.84 Å². The lowest BCUT2D eigenvalue weighted by Gasteiger charge is -2.42. The van der Waals surface area contributed by atoms with Crippen LogP contribution in [0.2, 0.25) is 0 Å². The Labute approximate surface area is 111 Å². The smallest absolute Gasteiger partial charge is 0.153 e. The maximum atomic E-state index is 5.73. The van der Waals surface area contributed by atoms with Crippen molar-refractivity contribution < 1.29 is 0 Å². The van der Waals surface area contributed by atoms with Crippen molar-refractivity contribution in [2.24, 2.45) is 12.9 Å². The molecule has 0 bridgehead atoms. The molecule has 0 fully saturated rings. The van der Waals surface area contributed by atoms with Gasteiger partial charge in [0.1, 0.15) is 0 Å². The van der Waals surface area contributed by atoms with Crippen molar-refractivity contribution in [2.45, 2.75) is 31.8 Å². The number of nitrogens with one attached hydrogen (secondary N) is 1. The molecule has 1 aromatic rings. The predicted octanol–water partition coefficient (Wildman–Crippen LogP) is 0.812. The molecule has 0 aliphatic heterocycles. The van der Waals surface area contributed by atoms with Crippen molar-refractivity contribution in [1.29, 1.82) is 0 Å². The molecule has 0 saturated carbocycles. The molecule has 0 aromatic carbocycles. The zero-order chi connectivity index (χ0) is 13.2. The second-order valence-electron chi connectivity index (χ2n) is 4.59. The quantitative estimate of drug-likeness (QED) is 0.622. The van der Waals surface area contributed by atoms with Crippen LogP contribution < -0.4 is 11.3 Å². The summed E-state index contributed by atoms with van der Waals surface area (Å²) < 4.78 is 2.47. The van der Waals surface area contributed by atoms with Gasteiger partial charge in [0.25, 0.3) is 0 Å². The summed E-state index contributed by atoms with van der Waals surface area (Å²) in [5.74, 6) is 5.73. The molecule has 98 valence electrons. The fourth-order valence-corrected chi connectivity index (χ4v) is 2.53. The molecule has 0 radical (unpaired) electrons. The lowest BCUT2D eigenvalue weighted by atomic mass is 9.86. The van der Waals surface area contributed by atoms with Gasteiger partial charge < -0.3 is 4.90 Å². The van der Waals surface area contributed by atoms with Crippen LogP contribution in [0.5, 0.6) is 0 Å². The molecular formula is C10H21BrN6. The molecule has 0 spiro atoms. The highest BCUT2D eigenvalue weighted by molar-refractivity contribution is 9.10. The molecule has 0 aliphatic carbocycles. The third kappa shape index (κ3) is 2.52. The minimum atomic E-state index is -0.118. The Bertz CT molecular complexity index is 357. The summed E-state index contributed by atoms with van der Waals surface area (Å²) in [5, 5.41) is 8.01. The maximum Gasteiger partial charge on any atom is 0.153 e. The van der Waals surface area contributed by atoms with Crippen molar-refractivity contribution in [2.75, 3.05) is 14.1 Å². The van der Waals surface area contributed by atoms with E-state index in [0.29, 0.717) is 0 Å². The van der Waals surface area contributed by atoms with Gasteiger partial charge in [0.15, 0.2) is 4.60 Å². The summed E-state index contributed by atoms with van der Waals surface area (Å²) in [6.45, 7) is 4.30. The average Bonchev–Trinajstić information content (AvgIpc) is 2.61. The molecule has 1 aromatic heterocycles. The van der Waals surface area contributed by atoms with E-state index in [1.807, 2.05) is 21.1 Å². The topological polar surface area (TPSA) is 72.0 Å². The van der Waals surface area contributed by atoms with Crippen LogP contribution in [0.25, 0.3) is 0 Å². The number of hydrazine groups is 1. The Morgan fingerprint density at radius 2 is 2.18 bits per heavy atom. The highest BCUT2D eigenvalue weighted by Gasteiger charge is 2.38. The lowest BCUT2D eigenvalue weighted by molar-refractivity contribution is 0.108. The van der Waals surface area contributed by atoms with Crippen LogP contribution in [0, 0.1) is 0 Å². The highest BCUT2D eigenvalue weighted by atomic mass is 79.9. The zero-order valence-electron chi connectivity index (χ0n) is 11.0. The first-order valence-corrected chi connectivity index (χ1v) is 6.36. The number of hydrogen-bond donors (Lipinski definition) is 2. The molecule has 1 rings (SSSR count). The zero-order valence-corrected chi connectivity index (χ0v) is 12.6. The first-order chi connectivity index (χ1) is 7.88. The SMILES string of the molecule is CCC(C)(C(NN)c1c(Br)nnn1C)N(C)C. The second kappa shape index (κ2) is 5.43. The van der Waals surface area contributed by atoms with Crippen molar-refractivity contribution in [3.8, 4) is 0 Å². The third-order valence-electron chi connectivity index (χ3n) is 3.63. The fraction of sp³-hybridized carbons (Fsp3) is 0.800. The van der Waals surface area contributed by atoms with E-state index in [1.54, 1.807) is 4.68 Å². The molecule has 2 unspecified atom stereocenters. The van der Waals surface area contributed by atoms with Gasteiger partial charge in [-0.2, -0.15) is 0 Å². The van der Waals surface area contributed by atoms with E-state index < -0.39 is 0 Å². The first kappa shape index (κ1) is 14.6. The van der Waals surface area contributed by atoms with Gasteiger partial charge in [-0.3, -0.25) is 5.84 Å². The summed E-state index contributed by atoms with van der Waals surface area (Å²) in [6, 6.07) is -0.0584. The summed E-state index contributed by atoms with van der Waals surface area (Å²) >= 11 is 3.42. The predicted molar refractivity (Wildman–Crippen MR) is 71.2 cm³/mol. The Hall–Kier alpha value is -0.500. The molecule has 0 saturated heterocycles. The minimum Gasteiger partial charge on any atom is -0.302 e. The van der Waals surface area contributed by atoms with Crippen LogP contribution >= 0.6 is 15.9 Å². The monoisotopic (exact) mass is 304 g/mol. The van der Waals surface area contributed by atoms with Crippen molar-refractivity contribution in [3.63, 3.8) is 0 Å². The van der Waals surface area contributed by atoms with E-state index in [2.05, 4.69) is 50.4 Å². The molecule has 17 heavy (non-hydrogen) atoms. The summed E-state index contributed by atoms with van der Waals surface area (Å²) in [5.41, 5.74) is 3.72. The second-order valence-corrected chi connectivity index (χ2v) is 5.35. The van der Waals surface area contributed by atoms with E-state index >= 15 is 0 Å². The van der Waals surface area contributed by atoms with Crippen LogP contribution in [0.4, 0.5) is 0 Å². The van der Waals surface area contributed by atoms with Gasteiger partial charge in [-0.25, -0.2) is 10.1 Å². The average molecular weight is 305 g/mol. The molecule has 3 N–H and O–H groups in total. The molecule has 6 nitrogen and oxygen atoms in total. The standard InChI is InChI=1S/C10H21BrN6/c1-6-10(2,16(3)4)8(13-12)7-9(11)14-15-17(7)5/h8,13H,6,12H2,1-5H3. The van der Waals surface area contributed by atoms with Crippen LogP contribution in [-0.2, 0) is 7.05 Å². The van der Waals surface area contributed by atoms with Crippen LogP contribution in [0.3, 0.4) is 0 Å². The van der Waals surface area contributed by atoms with Gasteiger partial charge in [-0.1, -0.05) is 12.1 Å². The number of rotatable bonds is 5. The van der Waals surface area contributed by atoms with E-state index in [1.165, 1.54) is 0 Å². The number of likely N-dealkylation sites (N-methyl/N-ethyl adjacent to an activating group) is 1. The minimum absolute atomic E-state index is 0.0584. The van der Waals surface area contributed by atoms with Crippen molar-refractivity contribution >= 4 is 15.9 Å². The summed E-state index contributed by atoms with van der Waals surface area (Å²) in [4.78, 5) is 2.16. The largest absolute Gasteiger partial charge is 0.302 e. The lowest BCUT2D eigenvalue weighted by Crippen LogP contribution is -2.53. The van der Waals surface area contributed by atoms with Crippen LogP contribution in [0.15, 0.2) is 4.60 Å². The Kier molecular flexibility index (Phi) is 4.65. The molecule has 7 heteroatoms. The van der Waals surface area contributed by atoms with E-state index in [0.717, 1.165) is 16.7 Å². The Morgan fingerprint density at radius 1 is 1.59 bits per heavy atom. The van der Waals surface area contributed by atoms with Crippen molar-refractivity contribution in [1.82, 2.24) is 25.3 Å².